The van der Waals surface area contributed by atoms with Crippen LogP contribution >= 0.6 is 11.6 Å². The first-order valence-corrected chi connectivity index (χ1v) is 18.8. The highest BCUT2D eigenvalue weighted by atomic mass is 35.5. The molecule has 18 heteroatoms. The normalized spacial score (nSPS) is 15.8. The third-order valence-electron chi connectivity index (χ3n) is 8.78. The molecule has 3 heterocycles. The molecule has 0 saturated heterocycles. The lowest BCUT2D eigenvalue weighted by molar-refractivity contribution is -0.123. The summed E-state index contributed by atoms with van der Waals surface area (Å²) in [5.74, 6) is -1.66. The van der Waals surface area contributed by atoms with Crippen molar-refractivity contribution >= 4 is 50.1 Å². The SMILES string of the molecule is C[C@@H]1Cc2c(N)nn(CC(=O)N[C@@H](Cc3cc(F)cc(F)c3)c3nc(C#CC(C)(C)O)ccc3-c3ccc(Cl)c4c(NS(C)(=O)=O)nn(C)c34)c2C1(F)F. The topological polar surface area (TPSA) is 170 Å². The zero-order valence-corrected chi connectivity index (χ0v) is 31.2. The summed E-state index contributed by atoms with van der Waals surface area (Å²) in [6.07, 6.45) is 0.676. The Hall–Kier alpha value is -5.18. The highest BCUT2D eigenvalue weighted by Gasteiger charge is 2.50. The maximum atomic E-state index is 15.3. The van der Waals surface area contributed by atoms with E-state index in [1.54, 1.807) is 25.2 Å². The summed E-state index contributed by atoms with van der Waals surface area (Å²) >= 11 is 6.58. The molecule has 284 valence electrons. The van der Waals surface area contributed by atoms with Crippen LogP contribution in [0.15, 0.2) is 42.5 Å². The van der Waals surface area contributed by atoms with Gasteiger partial charge in [0.1, 0.15) is 41.0 Å². The molecule has 0 bridgehead atoms. The van der Waals surface area contributed by atoms with Crippen molar-refractivity contribution < 1.29 is 35.9 Å². The van der Waals surface area contributed by atoms with E-state index in [0.717, 1.165) is 23.1 Å². The summed E-state index contributed by atoms with van der Waals surface area (Å²) in [5.41, 5.74) is 5.72. The highest BCUT2D eigenvalue weighted by Crippen LogP contribution is 2.47. The number of nitrogens with one attached hydrogen (secondary N) is 2. The van der Waals surface area contributed by atoms with E-state index in [4.69, 9.17) is 22.3 Å². The Balaban J connectivity index is 1.53. The summed E-state index contributed by atoms with van der Waals surface area (Å²) in [6.45, 7) is 3.62. The number of fused-ring (bicyclic) bond motifs is 2. The molecular formula is C36H35ClF4N8O4S. The molecule has 0 saturated carbocycles. The summed E-state index contributed by atoms with van der Waals surface area (Å²) in [7, 11) is -2.23. The van der Waals surface area contributed by atoms with Gasteiger partial charge in [-0.3, -0.25) is 18.9 Å². The number of nitrogens with two attached hydrogens (primary N) is 1. The second-order valence-electron chi connectivity index (χ2n) is 13.8. The number of aromatic nitrogens is 5. The third-order valence-corrected chi connectivity index (χ3v) is 9.66. The fourth-order valence-electron chi connectivity index (χ4n) is 6.53. The lowest BCUT2D eigenvalue weighted by Gasteiger charge is -2.23. The van der Waals surface area contributed by atoms with Gasteiger partial charge >= 0.3 is 0 Å². The molecule has 1 aliphatic rings. The number of hydrogen-bond acceptors (Lipinski definition) is 8. The predicted molar refractivity (Wildman–Crippen MR) is 195 cm³/mol. The molecule has 2 aromatic carbocycles. The molecule has 0 fully saturated rings. The van der Waals surface area contributed by atoms with Crippen molar-refractivity contribution in [1.29, 1.82) is 0 Å². The molecule has 0 radical (unpaired) electrons. The zero-order valence-electron chi connectivity index (χ0n) is 29.6. The number of pyridine rings is 1. The minimum atomic E-state index is -3.79. The van der Waals surface area contributed by atoms with Gasteiger partial charge in [0.15, 0.2) is 5.82 Å². The van der Waals surface area contributed by atoms with Gasteiger partial charge in [0, 0.05) is 35.7 Å². The number of nitrogens with zero attached hydrogens (tertiary/aromatic N) is 5. The molecule has 3 aromatic heterocycles. The molecule has 0 unspecified atom stereocenters. The van der Waals surface area contributed by atoms with E-state index >= 15 is 8.78 Å². The molecular weight excluding hydrogens is 752 g/mol. The molecule has 12 nitrogen and oxygen atoms in total. The average molecular weight is 787 g/mol. The number of aryl methyl sites for hydroxylation is 1. The molecule has 54 heavy (non-hydrogen) atoms. The van der Waals surface area contributed by atoms with Gasteiger partial charge in [-0.2, -0.15) is 19.0 Å². The van der Waals surface area contributed by atoms with Crippen molar-refractivity contribution in [2.24, 2.45) is 13.0 Å². The fourth-order valence-corrected chi connectivity index (χ4v) is 7.26. The number of halogens is 5. The van der Waals surface area contributed by atoms with Gasteiger partial charge in [0.05, 0.1) is 33.9 Å². The van der Waals surface area contributed by atoms with Crippen molar-refractivity contribution in [1.82, 2.24) is 29.9 Å². The molecule has 0 aliphatic heterocycles. The first kappa shape index (κ1) is 38.5. The number of alkyl halides is 2. The molecule has 1 amide bonds. The maximum absolute atomic E-state index is 15.3. The summed E-state index contributed by atoms with van der Waals surface area (Å²) in [4.78, 5) is 18.6. The van der Waals surface area contributed by atoms with Gasteiger partial charge in [0.25, 0.3) is 5.92 Å². The van der Waals surface area contributed by atoms with E-state index in [1.807, 2.05) is 0 Å². The standard InChI is InChI=1S/C36H35ClF4N8O4S/c1-18-12-25-32(36(18,40)41)49(45-33(25)42)17-28(50)44-27(15-19-13-20(38)16-21(39)14-19)30-23(7-6-22(43-30)10-11-35(2,3)51)24-8-9-26(37)29-31(24)48(4)46-34(29)47-54(5,52)53/h6-9,13-14,16,18,27,51H,12,15,17H2,1-5H3,(H2,42,45)(H,44,50)(H,46,47)/t18-,27+/m1/s1. The Labute approximate surface area is 312 Å². The first-order valence-electron chi connectivity index (χ1n) is 16.5. The second kappa shape index (κ2) is 13.9. The van der Waals surface area contributed by atoms with Crippen LogP contribution < -0.4 is 15.8 Å². The number of carbonyl (C=O) groups excluding carboxylic acids is 1. The van der Waals surface area contributed by atoms with Crippen LogP contribution in [0.25, 0.3) is 22.0 Å². The molecule has 2 atom stereocenters. The van der Waals surface area contributed by atoms with E-state index in [0.29, 0.717) is 22.7 Å². The van der Waals surface area contributed by atoms with Gasteiger partial charge in [-0.25, -0.2) is 22.2 Å². The van der Waals surface area contributed by atoms with E-state index in [2.05, 4.69) is 32.1 Å². The van der Waals surface area contributed by atoms with Gasteiger partial charge in [0.2, 0.25) is 15.9 Å². The smallest absolute Gasteiger partial charge is 0.292 e. The van der Waals surface area contributed by atoms with E-state index in [9.17, 15) is 27.1 Å². The average Bonchev–Trinajstić information content (AvgIpc) is 3.62. The van der Waals surface area contributed by atoms with Crippen LogP contribution in [0.5, 0.6) is 0 Å². The number of anilines is 2. The van der Waals surface area contributed by atoms with Crippen LogP contribution in [0.3, 0.4) is 0 Å². The minimum absolute atomic E-state index is 0.0275. The highest BCUT2D eigenvalue weighted by molar-refractivity contribution is 7.92. The molecule has 0 spiro atoms. The van der Waals surface area contributed by atoms with Crippen LogP contribution in [-0.4, -0.2) is 55.8 Å². The lowest BCUT2D eigenvalue weighted by atomic mass is 9.93. The quantitative estimate of drug-likeness (QED) is 0.116. The van der Waals surface area contributed by atoms with Crippen LogP contribution in [0.2, 0.25) is 5.02 Å². The number of benzene rings is 2. The number of rotatable bonds is 9. The number of hydrogen-bond donors (Lipinski definition) is 4. The van der Waals surface area contributed by atoms with Crippen molar-refractivity contribution in [3.05, 3.63) is 87.3 Å². The Kier molecular flexibility index (Phi) is 9.93. The molecule has 1 aliphatic carbocycles. The van der Waals surface area contributed by atoms with Gasteiger partial charge in [-0.15, -0.1) is 0 Å². The van der Waals surface area contributed by atoms with E-state index in [-0.39, 0.29) is 57.4 Å². The Morgan fingerprint density at radius 2 is 1.81 bits per heavy atom. The van der Waals surface area contributed by atoms with Crippen LogP contribution in [0.4, 0.5) is 29.2 Å². The van der Waals surface area contributed by atoms with Crippen molar-refractivity contribution in [2.45, 2.75) is 57.7 Å². The van der Waals surface area contributed by atoms with Gasteiger partial charge < -0.3 is 16.2 Å². The summed E-state index contributed by atoms with van der Waals surface area (Å²) in [6, 6.07) is 7.94. The largest absolute Gasteiger partial charge is 0.382 e. The van der Waals surface area contributed by atoms with Crippen molar-refractivity contribution in [2.75, 3.05) is 16.7 Å². The Morgan fingerprint density at radius 1 is 1.15 bits per heavy atom. The van der Waals surface area contributed by atoms with E-state index < -0.39 is 63.3 Å². The lowest BCUT2D eigenvalue weighted by Crippen LogP contribution is -2.35. The zero-order chi connectivity index (χ0) is 39.5. The van der Waals surface area contributed by atoms with Crippen molar-refractivity contribution in [3.8, 4) is 23.0 Å². The second-order valence-corrected chi connectivity index (χ2v) is 16.0. The number of aliphatic hydroxyl groups is 1. The third kappa shape index (κ3) is 7.86. The number of amides is 1. The van der Waals surface area contributed by atoms with E-state index in [1.165, 1.54) is 31.5 Å². The summed E-state index contributed by atoms with van der Waals surface area (Å²) in [5, 5.41) is 21.9. The van der Waals surface area contributed by atoms with Gasteiger partial charge in [-0.1, -0.05) is 30.5 Å². The minimum Gasteiger partial charge on any atom is -0.382 e. The maximum Gasteiger partial charge on any atom is 0.292 e. The van der Waals surface area contributed by atoms with Crippen LogP contribution in [-0.2, 0) is 47.2 Å². The first-order chi connectivity index (χ1) is 25.1. The number of nitrogen functional groups attached to an aromatic ring is 1. The van der Waals surface area contributed by atoms with Crippen molar-refractivity contribution in [3.63, 3.8) is 0 Å². The fraction of sp³-hybridized carbons (Fsp3) is 0.333. The Morgan fingerprint density at radius 3 is 2.46 bits per heavy atom. The van der Waals surface area contributed by atoms with Crippen LogP contribution in [0.1, 0.15) is 55.0 Å². The Bertz CT molecular complexity index is 2480. The monoisotopic (exact) mass is 786 g/mol. The number of sulfonamides is 1. The molecule has 5 aromatic rings. The van der Waals surface area contributed by atoms with Crippen LogP contribution in [0, 0.1) is 29.4 Å². The van der Waals surface area contributed by atoms with Gasteiger partial charge in [-0.05, 0) is 68.5 Å². The summed E-state index contributed by atoms with van der Waals surface area (Å²) < 4.78 is 88.6. The molecule has 5 N–H and O–H groups in total. The predicted octanol–water partition coefficient (Wildman–Crippen LogP) is 5.22. The molecule has 6 rings (SSSR count). The number of carbonyl (C=O) groups is 1.